The van der Waals surface area contributed by atoms with Crippen molar-refractivity contribution >= 4 is 35.0 Å². The van der Waals surface area contributed by atoms with Crippen molar-refractivity contribution in [3.8, 4) is 0 Å². The van der Waals surface area contributed by atoms with E-state index in [1.807, 2.05) is 69.1 Å². The number of hydrogen-bond donors (Lipinski definition) is 0. The molecule has 1 unspecified atom stereocenters. The van der Waals surface area contributed by atoms with Crippen LogP contribution in [0.25, 0.3) is 0 Å². The number of unbranched alkanes of at least 4 members (excludes halogenated alkanes) is 1. The number of alkyl halides is 1. The van der Waals surface area contributed by atoms with E-state index >= 15 is 0 Å². The molecule has 2 aromatic rings. The molecule has 0 N–H and O–H groups in total. The van der Waals surface area contributed by atoms with Crippen molar-refractivity contribution in [1.29, 1.82) is 0 Å². The highest BCUT2D eigenvalue weighted by molar-refractivity contribution is 8.02. The molecule has 1 aliphatic rings. The van der Waals surface area contributed by atoms with E-state index in [2.05, 4.69) is 44.9 Å². The van der Waals surface area contributed by atoms with Crippen LogP contribution in [-0.2, 0) is 4.79 Å². The minimum absolute atomic E-state index is 0.0758. The van der Waals surface area contributed by atoms with Gasteiger partial charge < -0.3 is 4.90 Å². The normalized spacial score (nSPS) is 13.1. The molecule has 0 fully saturated rings. The summed E-state index contributed by atoms with van der Waals surface area (Å²) in [7, 11) is 2.37. The van der Waals surface area contributed by atoms with E-state index in [-0.39, 0.29) is 5.91 Å². The summed E-state index contributed by atoms with van der Waals surface area (Å²) in [6, 6.07) is 16.0. The summed E-state index contributed by atoms with van der Waals surface area (Å²) in [4.78, 5) is 21.2. The lowest BCUT2D eigenvalue weighted by Gasteiger charge is -2.30. The molecule has 3 nitrogen and oxygen atoms in total. The zero-order valence-corrected chi connectivity index (χ0v) is 26.1. The number of rotatable bonds is 8. The molecule has 0 saturated heterocycles. The number of benzene rings is 2. The molecule has 1 heterocycles. The van der Waals surface area contributed by atoms with Gasteiger partial charge in [-0.05, 0) is 37.0 Å². The summed E-state index contributed by atoms with van der Waals surface area (Å²) in [6.07, 6.45) is 5.54. The number of allylic oxidation sites excluding steroid dienone is 1. The lowest BCUT2D eigenvalue weighted by Crippen LogP contribution is -2.39. The highest BCUT2D eigenvalue weighted by Gasteiger charge is 2.34. The van der Waals surface area contributed by atoms with E-state index < -0.39 is 5.41 Å². The topological polar surface area (TPSA) is 32.7 Å². The van der Waals surface area contributed by atoms with E-state index in [4.69, 9.17) is 16.6 Å². The van der Waals surface area contributed by atoms with Crippen LogP contribution in [0.1, 0.15) is 78.4 Å². The van der Waals surface area contributed by atoms with Crippen LogP contribution in [0, 0.1) is 5.41 Å². The smallest absolute Gasteiger partial charge is 0.232 e. The second-order valence-electron chi connectivity index (χ2n) is 8.78. The highest BCUT2D eigenvalue weighted by atomic mass is 35.5. The number of hydrogen-bond acceptors (Lipinski definition) is 3. The molecule has 3 rings (SSSR count). The van der Waals surface area contributed by atoms with E-state index in [0.29, 0.717) is 18.6 Å². The van der Waals surface area contributed by atoms with Crippen molar-refractivity contribution in [1.82, 2.24) is 4.90 Å². The van der Waals surface area contributed by atoms with Gasteiger partial charge in [0, 0.05) is 46.8 Å². The summed E-state index contributed by atoms with van der Waals surface area (Å²) < 4.78 is 9.50. The van der Waals surface area contributed by atoms with Gasteiger partial charge in [0.2, 0.25) is 5.91 Å². The Hall–Kier alpha value is -2.37. The maximum absolute atomic E-state index is 13.2. The average Bonchev–Trinajstić information content (AvgIpc) is 3.13. The number of thioether (sulfide) groups is 1. The molecule has 210 valence electrons. The number of carbonyl (C=O) groups is 1. The number of fused-ring (bicyclic) bond motifs is 1. The van der Waals surface area contributed by atoms with E-state index in [0.717, 1.165) is 46.8 Å². The first kappa shape index (κ1) is 35.6. The predicted molar refractivity (Wildman–Crippen MR) is 167 cm³/mol. The summed E-state index contributed by atoms with van der Waals surface area (Å²) in [5, 5.41) is 2.75. The van der Waals surface area contributed by atoms with Crippen molar-refractivity contribution in [2.45, 2.75) is 72.1 Å². The molecule has 1 aliphatic heterocycles. The van der Waals surface area contributed by atoms with Gasteiger partial charge >= 0.3 is 0 Å². The van der Waals surface area contributed by atoms with Crippen LogP contribution in [-0.4, -0.2) is 37.3 Å². The summed E-state index contributed by atoms with van der Waals surface area (Å²) >= 11 is 7.75. The minimum Gasteiger partial charge on any atom is -0.345 e. The number of nitrogens with zero attached hydrogens (tertiary/aromatic N) is 2. The first-order valence-corrected chi connectivity index (χ1v) is 14.6. The highest BCUT2D eigenvalue weighted by Crippen LogP contribution is 2.37. The van der Waals surface area contributed by atoms with Crippen LogP contribution in [0.2, 0.25) is 5.02 Å². The van der Waals surface area contributed by atoms with E-state index in [9.17, 15) is 9.18 Å². The van der Waals surface area contributed by atoms with Gasteiger partial charge in [-0.25, -0.2) is 0 Å². The zero-order valence-electron chi connectivity index (χ0n) is 24.5. The molecule has 38 heavy (non-hydrogen) atoms. The van der Waals surface area contributed by atoms with Gasteiger partial charge in [0.25, 0.3) is 0 Å². The third kappa shape index (κ3) is 10.8. The molecule has 0 saturated carbocycles. The minimum atomic E-state index is -0.722. The number of aliphatic imine (C=N–C) groups is 1. The van der Waals surface area contributed by atoms with Crippen LogP contribution >= 0.6 is 23.4 Å². The molecule has 1 atom stereocenters. The van der Waals surface area contributed by atoms with Crippen LogP contribution in [0.4, 0.5) is 4.39 Å². The molecule has 0 aromatic heterocycles. The van der Waals surface area contributed by atoms with Crippen molar-refractivity contribution in [2.75, 3.05) is 20.8 Å². The van der Waals surface area contributed by atoms with Gasteiger partial charge in [0.1, 0.15) is 0 Å². The number of halogens is 2. The lowest BCUT2D eigenvalue weighted by molar-refractivity contribution is -0.137. The largest absolute Gasteiger partial charge is 0.345 e. The van der Waals surface area contributed by atoms with E-state index in [1.165, 1.54) is 6.42 Å². The molecule has 0 radical (unpaired) electrons. The monoisotopic (exact) mass is 560 g/mol. The van der Waals surface area contributed by atoms with Gasteiger partial charge in [0.05, 0.1) is 18.3 Å². The number of carbonyl (C=O) groups excluding carboxylic acids is 1. The summed E-state index contributed by atoms with van der Waals surface area (Å²) in [5.41, 5.74) is 3.11. The molecule has 6 heteroatoms. The SMILES string of the molecule is C=CC(C)(CC1=CSc2ccccc2C(c2ccc(Cl)cc2)=N1)C(=O)N(C)CCCC.CC.CCC.CF. The standard InChI is InChI=1S/C26H29ClN2OS.C3H8.C2H6.CH3F/c1-5-7-16-29(4)25(30)26(3,6-2)17-21-18-31-23-11-9-8-10-22(23)24(28-21)19-12-14-20(27)15-13-19;1-3-2;2*1-2/h6,8-15,18H,2,5,7,16-17H2,1,3-4H3;3H2,1-2H3;1-2H3;1H3. The zero-order chi connectivity index (χ0) is 29.1. The van der Waals surface area contributed by atoms with Crippen molar-refractivity contribution in [3.05, 3.63) is 88.4 Å². The average molecular weight is 561 g/mol. The second-order valence-corrected chi connectivity index (χ2v) is 10.1. The Labute approximate surface area is 240 Å². The van der Waals surface area contributed by atoms with Gasteiger partial charge in [-0.3, -0.25) is 14.2 Å². The summed E-state index contributed by atoms with van der Waals surface area (Å²) in [5.74, 6) is 0.0758. The fourth-order valence-corrected chi connectivity index (χ4v) is 4.55. The number of amides is 1. The van der Waals surface area contributed by atoms with Crippen LogP contribution < -0.4 is 0 Å². The van der Waals surface area contributed by atoms with E-state index in [1.54, 1.807) is 17.8 Å². The Balaban J connectivity index is 0.00000179. The first-order chi connectivity index (χ1) is 18.3. The van der Waals surface area contributed by atoms with Gasteiger partial charge in [-0.15, -0.1) is 6.58 Å². The predicted octanol–water partition coefficient (Wildman–Crippen LogP) is 9.99. The fraction of sp³-hybridized carbons (Fsp3) is 0.438. The molecule has 1 amide bonds. The van der Waals surface area contributed by atoms with Crippen LogP contribution in [0.5, 0.6) is 0 Å². The Morgan fingerprint density at radius 3 is 2.24 bits per heavy atom. The molecular weight excluding hydrogens is 515 g/mol. The second kappa shape index (κ2) is 19.7. The molecule has 0 spiro atoms. The van der Waals surface area contributed by atoms with Crippen LogP contribution in [0.15, 0.2) is 82.2 Å². The lowest BCUT2D eigenvalue weighted by atomic mass is 9.84. The molecule has 2 aromatic carbocycles. The van der Waals surface area contributed by atoms with Crippen molar-refractivity contribution < 1.29 is 9.18 Å². The molecule has 0 aliphatic carbocycles. The quantitative estimate of drug-likeness (QED) is 0.301. The van der Waals surface area contributed by atoms with Crippen LogP contribution in [0.3, 0.4) is 0 Å². The Morgan fingerprint density at radius 2 is 1.68 bits per heavy atom. The van der Waals surface area contributed by atoms with Gasteiger partial charge in [-0.1, -0.05) is 107 Å². The Kier molecular flexibility index (Phi) is 18.4. The summed E-state index contributed by atoms with van der Waals surface area (Å²) in [6.45, 7) is 17.1. The third-order valence-electron chi connectivity index (χ3n) is 5.52. The van der Waals surface area contributed by atoms with Gasteiger partial charge in [-0.2, -0.15) is 0 Å². The van der Waals surface area contributed by atoms with Crippen molar-refractivity contribution in [3.63, 3.8) is 0 Å². The Morgan fingerprint density at radius 1 is 1.11 bits per heavy atom. The van der Waals surface area contributed by atoms with Gasteiger partial charge in [0.15, 0.2) is 0 Å². The third-order valence-corrected chi connectivity index (χ3v) is 6.77. The van der Waals surface area contributed by atoms with Crippen molar-refractivity contribution in [2.24, 2.45) is 10.4 Å². The first-order valence-electron chi connectivity index (χ1n) is 13.4. The maximum atomic E-state index is 13.2. The maximum Gasteiger partial charge on any atom is 0.232 e. The molecular formula is C32H46ClFN2OS. The Bertz CT molecular complexity index is 1040. The molecule has 0 bridgehead atoms. The fourth-order valence-electron chi connectivity index (χ4n) is 3.58.